The maximum atomic E-state index is 15.6. The molecule has 2 fully saturated rings. The number of rotatable bonds is 9. The first kappa shape index (κ1) is 27.2. The van der Waals surface area contributed by atoms with Gasteiger partial charge in [0.2, 0.25) is 5.91 Å². The van der Waals surface area contributed by atoms with Crippen molar-refractivity contribution in [3.05, 3.63) is 53.9 Å². The number of carbonyl (C=O) groups is 2. The Morgan fingerprint density at radius 3 is 2.62 bits per heavy atom. The highest BCUT2D eigenvalue weighted by atomic mass is 19.1. The Morgan fingerprint density at radius 2 is 1.95 bits per heavy atom. The third-order valence-electron chi connectivity index (χ3n) is 7.13. The molecular formula is C27H31F3N4O5. The molecule has 1 aromatic carbocycles. The molecule has 2 amide bonds. The van der Waals surface area contributed by atoms with E-state index >= 15 is 4.39 Å². The van der Waals surface area contributed by atoms with Crippen molar-refractivity contribution in [3.8, 4) is 5.75 Å². The number of alkyl halides is 1. The van der Waals surface area contributed by atoms with Crippen LogP contribution in [0.4, 0.5) is 19.0 Å². The SMILES string of the molecule is CC1(C)OCC(Cn2ccc(NC(=O)C(CC3(F)CCCC3)N3CC(Oc4c(F)cccc4F)=CC3=O)n2)O1. The van der Waals surface area contributed by atoms with E-state index in [1.54, 1.807) is 16.9 Å². The third kappa shape index (κ3) is 6.27. The molecule has 1 saturated carbocycles. The van der Waals surface area contributed by atoms with Gasteiger partial charge in [0.15, 0.2) is 29.0 Å². The van der Waals surface area contributed by atoms with Crippen LogP contribution in [-0.2, 0) is 25.6 Å². The van der Waals surface area contributed by atoms with Crippen LogP contribution in [0.1, 0.15) is 46.0 Å². The zero-order chi connectivity index (χ0) is 27.8. The quantitative estimate of drug-likeness (QED) is 0.507. The molecule has 2 aliphatic heterocycles. The van der Waals surface area contributed by atoms with Gasteiger partial charge in [-0.15, -0.1) is 0 Å². The van der Waals surface area contributed by atoms with Crippen LogP contribution in [0.5, 0.6) is 5.75 Å². The number of nitrogens with one attached hydrogen (secondary N) is 1. The summed E-state index contributed by atoms with van der Waals surface area (Å²) in [6, 6.07) is 3.65. The Morgan fingerprint density at radius 1 is 1.23 bits per heavy atom. The zero-order valence-electron chi connectivity index (χ0n) is 21.8. The summed E-state index contributed by atoms with van der Waals surface area (Å²) < 4.78 is 62.1. The second kappa shape index (κ2) is 10.6. The minimum atomic E-state index is -1.62. The number of hydrogen-bond acceptors (Lipinski definition) is 6. The van der Waals surface area contributed by atoms with E-state index in [4.69, 9.17) is 14.2 Å². The van der Waals surface area contributed by atoms with Crippen LogP contribution in [0.2, 0.25) is 0 Å². The molecule has 0 spiro atoms. The minimum Gasteiger partial charge on any atom is -0.453 e. The number of aromatic nitrogens is 2. The molecule has 3 heterocycles. The van der Waals surface area contributed by atoms with Crippen LogP contribution in [-0.4, -0.2) is 63.2 Å². The predicted octanol–water partition coefficient (Wildman–Crippen LogP) is 4.10. The van der Waals surface area contributed by atoms with Gasteiger partial charge in [0.25, 0.3) is 5.91 Å². The average molecular weight is 549 g/mol. The molecule has 12 heteroatoms. The normalized spacial score (nSPS) is 22.7. The van der Waals surface area contributed by atoms with Crippen molar-refractivity contribution < 1.29 is 37.0 Å². The topological polar surface area (TPSA) is 94.9 Å². The van der Waals surface area contributed by atoms with Crippen LogP contribution in [0.3, 0.4) is 0 Å². The number of benzene rings is 1. The van der Waals surface area contributed by atoms with Gasteiger partial charge in [-0.25, -0.2) is 13.2 Å². The van der Waals surface area contributed by atoms with Crippen LogP contribution in [0, 0.1) is 11.6 Å². The number of nitrogens with zero attached hydrogens (tertiary/aromatic N) is 3. The summed E-state index contributed by atoms with van der Waals surface area (Å²) in [6.45, 7) is 4.20. The Hall–Kier alpha value is -3.38. The van der Waals surface area contributed by atoms with E-state index in [1.807, 2.05) is 13.8 Å². The standard InChI is InChI=1S/C27H31F3N4O5/c1-26(2)37-16-18(39-26)14-33-11-8-22(32-33)31-25(36)21(13-27(30)9-3-4-10-27)34-15-17(12-23(34)35)38-24-19(28)6-5-7-20(24)29/h5-8,11-12,18,21H,3-4,9-10,13-16H2,1-2H3,(H,31,32,36). The number of para-hydroxylation sites is 1. The molecule has 3 aliphatic rings. The van der Waals surface area contributed by atoms with E-state index in [0.29, 0.717) is 26.0 Å². The van der Waals surface area contributed by atoms with Gasteiger partial charge < -0.3 is 24.4 Å². The summed E-state index contributed by atoms with van der Waals surface area (Å²) in [5.41, 5.74) is -1.62. The lowest BCUT2D eigenvalue weighted by Gasteiger charge is -2.31. The number of anilines is 1. The largest absolute Gasteiger partial charge is 0.453 e. The van der Waals surface area contributed by atoms with Gasteiger partial charge in [-0.3, -0.25) is 14.3 Å². The smallest absolute Gasteiger partial charge is 0.251 e. The highest BCUT2D eigenvalue weighted by Crippen LogP contribution is 2.39. The second-order valence-electron chi connectivity index (χ2n) is 10.7. The Labute approximate surface area is 223 Å². The fourth-order valence-electron chi connectivity index (χ4n) is 5.25. The summed E-state index contributed by atoms with van der Waals surface area (Å²) in [5, 5.41) is 7.05. The van der Waals surface area contributed by atoms with E-state index in [0.717, 1.165) is 23.1 Å². The molecule has 2 unspecified atom stereocenters. The lowest BCUT2D eigenvalue weighted by Crippen LogP contribution is -2.48. The van der Waals surface area contributed by atoms with E-state index in [2.05, 4.69) is 10.4 Å². The highest BCUT2D eigenvalue weighted by Gasteiger charge is 2.43. The molecule has 0 bridgehead atoms. The first-order chi connectivity index (χ1) is 18.5. The molecule has 1 saturated heterocycles. The van der Waals surface area contributed by atoms with Gasteiger partial charge in [-0.05, 0) is 38.8 Å². The van der Waals surface area contributed by atoms with Crippen molar-refractivity contribution in [2.45, 2.75) is 76.1 Å². The Kier molecular flexibility index (Phi) is 7.43. The Bertz CT molecular complexity index is 1250. The van der Waals surface area contributed by atoms with E-state index in [9.17, 15) is 18.4 Å². The van der Waals surface area contributed by atoms with Gasteiger partial charge in [0.05, 0.1) is 19.7 Å². The summed E-state index contributed by atoms with van der Waals surface area (Å²) in [7, 11) is 0. The van der Waals surface area contributed by atoms with Crippen molar-refractivity contribution in [1.29, 1.82) is 0 Å². The third-order valence-corrected chi connectivity index (χ3v) is 7.13. The number of halogens is 3. The molecule has 1 aliphatic carbocycles. The monoisotopic (exact) mass is 548 g/mol. The predicted molar refractivity (Wildman–Crippen MR) is 133 cm³/mol. The summed E-state index contributed by atoms with van der Waals surface area (Å²) in [5.74, 6) is -4.25. The molecule has 39 heavy (non-hydrogen) atoms. The highest BCUT2D eigenvalue weighted by molar-refractivity contribution is 6.00. The number of carbonyl (C=O) groups excluding carboxylic acids is 2. The van der Waals surface area contributed by atoms with Gasteiger partial charge >= 0.3 is 0 Å². The van der Waals surface area contributed by atoms with Crippen molar-refractivity contribution >= 4 is 17.6 Å². The van der Waals surface area contributed by atoms with Crippen LogP contribution < -0.4 is 10.1 Å². The van der Waals surface area contributed by atoms with Crippen LogP contribution in [0.25, 0.3) is 0 Å². The van der Waals surface area contributed by atoms with Gasteiger partial charge in [-0.1, -0.05) is 18.9 Å². The first-order valence-electron chi connectivity index (χ1n) is 13.0. The summed E-state index contributed by atoms with van der Waals surface area (Å²) in [4.78, 5) is 27.5. The molecule has 5 rings (SSSR count). The van der Waals surface area contributed by atoms with Gasteiger partial charge in [0.1, 0.15) is 23.6 Å². The number of ether oxygens (including phenoxy) is 3. The molecule has 1 aromatic heterocycles. The lowest BCUT2D eigenvalue weighted by molar-refractivity contribution is -0.139. The first-order valence-corrected chi connectivity index (χ1v) is 13.0. The maximum Gasteiger partial charge on any atom is 0.251 e. The maximum absolute atomic E-state index is 15.6. The van der Waals surface area contributed by atoms with Crippen LogP contribution in [0.15, 0.2) is 42.3 Å². The van der Waals surface area contributed by atoms with E-state index < -0.39 is 46.7 Å². The Balaban J connectivity index is 1.29. The van der Waals surface area contributed by atoms with Crippen molar-refractivity contribution in [1.82, 2.24) is 14.7 Å². The molecule has 0 radical (unpaired) electrons. The molecule has 210 valence electrons. The second-order valence-corrected chi connectivity index (χ2v) is 10.7. The van der Waals surface area contributed by atoms with E-state index in [1.165, 1.54) is 6.07 Å². The van der Waals surface area contributed by atoms with Crippen LogP contribution >= 0.6 is 0 Å². The zero-order valence-corrected chi connectivity index (χ0v) is 21.8. The minimum absolute atomic E-state index is 0.0490. The van der Waals surface area contributed by atoms with Gasteiger partial charge in [-0.2, -0.15) is 5.10 Å². The fraction of sp³-hybridized carbons (Fsp3) is 0.519. The molecule has 2 aromatic rings. The van der Waals surface area contributed by atoms with E-state index in [-0.39, 0.29) is 43.5 Å². The number of amides is 2. The van der Waals surface area contributed by atoms with Gasteiger partial charge in [0, 0.05) is 24.8 Å². The fourth-order valence-corrected chi connectivity index (χ4v) is 5.25. The average Bonchev–Trinajstić information content (AvgIpc) is 3.64. The van der Waals surface area contributed by atoms with Crippen molar-refractivity contribution in [2.75, 3.05) is 18.5 Å². The molecular weight excluding hydrogens is 517 g/mol. The molecule has 1 N–H and O–H groups in total. The lowest BCUT2D eigenvalue weighted by atomic mass is 9.93. The molecule has 9 nitrogen and oxygen atoms in total. The van der Waals surface area contributed by atoms with Crippen molar-refractivity contribution in [3.63, 3.8) is 0 Å². The van der Waals surface area contributed by atoms with Crippen molar-refractivity contribution in [2.24, 2.45) is 0 Å². The summed E-state index contributed by atoms with van der Waals surface area (Å²) in [6.07, 6.45) is 4.24. The number of hydrogen-bond donors (Lipinski definition) is 1. The molecule has 2 atom stereocenters. The summed E-state index contributed by atoms with van der Waals surface area (Å²) >= 11 is 0.